The van der Waals surface area contributed by atoms with Crippen molar-refractivity contribution in [3.8, 4) is 0 Å². The molecule has 0 unspecified atom stereocenters. The quantitative estimate of drug-likeness (QED) is 0.905. The number of aliphatic carboxylic acids is 1. The standard InChI is InChI=1S/C12H13NO4S/c1-18(16,17)8-10-6-9-4-2-3-5-11(9)13(10)7-12(14)15/h2-6H,7-8H2,1H3,(H,14,15). The van der Waals surface area contributed by atoms with E-state index >= 15 is 0 Å². The number of hydrogen-bond donors (Lipinski definition) is 1. The molecule has 0 saturated carbocycles. The van der Waals surface area contributed by atoms with Crippen LogP contribution in [0.3, 0.4) is 0 Å². The summed E-state index contributed by atoms with van der Waals surface area (Å²) in [6.45, 7) is -0.238. The Hall–Kier alpha value is -1.82. The van der Waals surface area contributed by atoms with Crippen molar-refractivity contribution < 1.29 is 18.3 Å². The lowest BCUT2D eigenvalue weighted by Gasteiger charge is -2.07. The molecule has 0 saturated heterocycles. The first-order valence-electron chi connectivity index (χ1n) is 5.33. The largest absolute Gasteiger partial charge is 0.480 e. The van der Waals surface area contributed by atoms with Crippen molar-refractivity contribution in [3.05, 3.63) is 36.0 Å². The number of rotatable bonds is 4. The number of benzene rings is 1. The molecule has 5 nitrogen and oxygen atoms in total. The van der Waals surface area contributed by atoms with Gasteiger partial charge in [0.25, 0.3) is 0 Å². The van der Waals surface area contributed by atoms with E-state index in [9.17, 15) is 13.2 Å². The molecule has 0 radical (unpaired) electrons. The third-order valence-corrected chi connectivity index (χ3v) is 3.42. The van der Waals surface area contributed by atoms with Crippen molar-refractivity contribution in [1.82, 2.24) is 4.57 Å². The van der Waals surface area contributed by atoms with Crippen molar-refractivity contribution in [2.45, 2.75) is 12.3 Å². The second kappa shape index (κ2) is 4.45. The number of hydrogen-bond acceptors (Lipinski definition) is 3. The summed E-state index contributed by atoms with van der Waals surface area (Å²) >= 11 is 0. The van der Waals surface area contributed by atoms with E-state index in [0.29, 0.717) is 5.69 Å². The Morgan fingerprint density at radius 3 is 2.61 bits per heavy atom. The highest BCUT2D eigenvalue weighted by Gasteiger charge is 2.14. The number of sulfone groups is 1. The lowest BCUT2D eigenvalue weighted by molar-refractivity contribution is -0.137. The first-order valence-corrected chi connectivity index (χ1v) is 7.39. The van der Waals surface area contributed by atoms with Gasteiger partial charge in [-0.05, 0) is 17.5 Å². The van der Waals surface area contributed by atoms with Crippen LogP contribution in [-0.2, 0) is 26.9 Å². The number of fused-ring (bicyclic) bond motifs is 1. The van der Waals surface area contributed by atoms with Gasteiger partial charge in [-0.25, -0.2) is 8.42 Å². The molecule has 96 valence electrons. The van der Waals surface area contributed by atoms with Crippen molar-refractivity contribution in [3.63, 3.8) is 0 Å². The number of aromatic nitrogens is 1. The number of carboxylic acids is 1. The highest BCUT2D eigenvalue weighted by atomic mass is 32.2. The smallest absolute Gasteiger partial charge is 0.323 e. The molecule has 0 aliphatic heterocycles. The van der Waals surface area contributed by atoms with Gasteiger partial charge in [-0.3, -0.25) is 4.79 Å². The van der Waals surface area contributed by atoms with E-state index in [2.05, 4.69) is 0 Å². The molecule has 0 amide bonds. The Kier molecular flexibility index (Phi) is 3.13. The van der Waals surface area contributed by atoms with E-state index in [-0.39, 0.29) is 12.3 Å². The summed E-state index contributed by atoms with van der Waals surface area (Å²) in [7, 11) is -3.20. The van der Waals surface area contributed by atoms with E-state index < -0.39 is 15.8 Å². The zero-order chi connectivity index (χ0) is 13.3. The minimum atomic E-state index is -3.20. The average Bonchev–Trinajstić information content (AvgIpc) is 2.54. The molecule has 1 aromatic heterocycles. The lowest BCUT2D eigenvalue weighted by Crippen LogP contribution is -2.13. The van der Waals surface area contributed by atoms with Crippen molar-refractivity contribution in [2.24, 2.45) is 0 Å². The summed E-state index contributed by atoms with van der Waals surface area (Å²) < 4.78 is 24.2. The highest BCUT2D eigenvalue weighted by molar-refractivity contribution is 7.89. The van der Waals surface area contributed by atoms with Crippen LogP contribution in [0.5, 0.6) is 0 Å². The van der Waals surface area contributed by atoms with Gasteiger partial charge in [-0.1, -0.05) is 18.2 Å². The third kappa shape index (κ3) is 2.70. The van der Waals surface area contributed by atoms with Crippen LogP contribution in [0.15, 0.2) is 30.3 Å². The molecule has 0 fully saturated rings. The van der Waals surface area contributed by atoms with Crippen LogP contribution >= 0.6 is 0 Å². The second-order valence-electron chi connectivity index (χ2n) is 4.24. The molecule has 2 rings (SSSR count). The van der Waals surface area contributed by atoms with E-state index in [4.69, 9.17) is 5.11 Å². The maximum absolute atomic E-state index is 11.4. The van der Waals surface area contributed by atoms with E-state index in [1.807, 2.05) is 12.1 Å². The fourth-order valence-electron chi connectivity index (χ4n) is 1.98. The number of carbonyl (C=O) groups is 1. The summed E-state index contributed by atoms with van der Waals surface area (Å²) in [5, 5.41) is 9.74. The van der Waals surface area contributed by atoms with Gasteiger partial charge in [-0.2, -0.15) is 0 Å². The number of carboxylic acid groups (broad SMARTS) is 1. The van der Waals surface area contributed by atoms with Gasteiger partial charge in [0, 0.05) is 17.5 Å². The average molecular weight is 267 g/mol. The third-order valence-electron chi connectivity index (χ3n) is 2.60. The Morgan fingerprint density at radius 2 is 2.00 bits per heavy atom. The first-order chi connectivity index (χ1) is 8.37. The Labute approximate surface area is 105 Å². The van der Waals surface area contributed by atoms with E-state index in [0.717, 1.165) is 17.2 Å². The minimum Gasteiger partial charge on any atom is -0.480 e. The van der Waals surface area contributed by atoms with Crippen LogP contribution in [0.4, 0.5) is 0 Å². The summed E-state index contributed by atoms with van der Waals surface area (Å²) in [6, 6.07) is 8.96. The molecule has 0 spiro atoms. The fourth-order valence-corrected chi connectivity index (χ4v) is 2.75. The van der Waals surface area contributed by atoms with Crippen LogP contribution in [0.1, 0.15) is 5.69 Å². The molecule has 1 heterocycles. The van der Waals surface area contributed by atoms with Gasteiger partial charge < -0.3 is 9.67 Å². The van der Waals surface area contributed by atoms with Crippen molar-refractivity contribution in [2.75, 3.05) is 6.26 Å². The number of nitrogens with zero attached hydrogens (tertiary/aromatic N) is 1. The number of para-hydroxylation sites is 1. The molecule has 0 atom stereocenters. The first kappa shape index (κ1) is 12.6. The van der Waals surface area contributed by atoms with Gasteiger partial charge in [0.05, 0.1) is 5.75 Å². The van der Waals surface area contributed by atoms with Crippen LogP contribution in [0.25, 0.3) is 10.9 Å². The highest BCUT2D eigenvalue weighted by Crippen LogP contribution is 2.21. The topological polar surface area (TPSA) is 76.4 Å². The molecule has 0 aliphatic carbocycles. The maximum atomic E-state index is 11.4. The second-order valence-corrected chi connectivity index (χ2v) is 6.38. The molecule has 1 aromatic carbocycles. The van der Waals surface area contributed by atoms with E-state index in [1.54, 1.807) is 18.2 Å². The fraction of sp³-hybridized carbons (Fsp3) is 0.250. The molecular weight excluding hydrogens is 254 g/mol. The predicted molar refractivity (Wildman–Crippen MR) is 68.1 cm³/mol. The molecule has 0 aliphatic rings. The normalized spacial score (nSPS) is 11.8. The van der Waals surface area contributed by atoms with Crippen LogP contribution in [0, 0.1) is 0 Å². The molecule has 0 bridgehead atoms. The van der Waals surface area contributed by atoms with Gasteiger partial charge in [-0.15, -0.1) is 0 Å². The Bertz CT molecular complexity index is 700. The molecule has 1 N–H and O–H groups in total. The van der Waals surface area contributed by atoms with Gasteiger partial charge in [0.15, 0.2) is 9.84 Å². The molecule has 6 heteroatoms. The van der Waals surface area contributed by atoms with Gasteiger partial charge in [0.2, 0.25) is 0 Å². The molecule has 18 heavy (non-hydrogen) atoms. The minimum absolute atomic E-state index is 0.158. The Morgan fingerprint density at radius 1 is 1.33 bits per heavy atom. The van der Waals surface area contributed by atoms with Crippen LogP contribution < -0.4 is 0 Å². The van der Waals surface area contributed by atoms with Gasteiger partial charge >= 0.3 is 5.97 Å². The van der Waals surface area contributed by atoms with Gasteiger partial charge in [0.1, 0.15) is 6.54 Å². The van der Waals surface area contributed by atoms with Crippen molar-refractivity contribution >= 4 is 26.7 Å². The van der Waals surface area contributed by atoms with Crippen LogP contribution in [0.2, 0.25) is 0 Å². The van der Waals surface area contributed by atoms with Crippen molar-refractivity contribution in [1.29, 1.82) is 0 Å². The SMILES string of the molecule is CS(=O)(=O)Cc1cc2ccccc2n1CC(=O)O. The maximum Gasteiger partial charge on any atom is 0.323 e. The lowest BCUT2D eigenvalue weighted by atomic mass is 10.2. The monoisotopic (exact) mass is 267 g/mol. The zero-order valence-electron chi connectivity index (χ0n) is 9.83. The van der Waals surface area contributed by atoms with Crippen LogP contribution in [-0.4, -0.2) is 30.3 Å². The molecular formula is C12H13NO4S. The molecule has 2 aromatic rings. The zero-order valence-corrected chi connectivity index (χ0v) is 10.6. The summed E-state index contributed by atoms with van der Waals surface area (Å²) in [5.41, 5.74) is 1.24. The Balaban J connectivity index is 2.60. The summed E-state index contributed by atoms with van der Waals surface area (Å²) in [4.78, 5) is 10.9. The van der Waals surface area contributed by atoms with E-state index in [1.165, 1.54) is 4.57 Å². The summed E-state index contributed by atoms with van der Waals surface area (Å²) in [6.07, 6.45) is 1.13. The summed E-state index contributed by atoms with van der Waals surface area (Å²) in [5.74, 6) is -1.15. The predicted octanol–water partition coefficient (Wildman–Crippen LogP) is 1.27.